The smallest absolute Gasteiger partial charge is 0.328 e. The van der Waals surface area contributed by atoms with Crippen molar-refractivity contribution < 1.29 is 28.4 Å². The van der Waals surface area contributed by atoms with Crippen molar-refractivity contribution in [3.63, 3.8) is 0 Å². The molecular weight excluding hydrogens is 462 g/mol. The predicted octanol–water partition coefficient (Wildman–Crippen LogP) is 7.21. The Labute approximate surface area is 216 Å². The molecule has 9 heteroatoms. The van der Waals surface area contributed by atoms with Crippen LogP contribution in [0.1, 0.15) is 97.8 Å². The van der Waals surface area contributed by atoms with Crippen molar-refractivity contribution in [3.05, 3.63) is 38.5 Å². The Kier molecular flexibility index (Phi) is 17.5. The maximum absolute atomic E-state index is 5.93. The van der Waals surface area contributed by atoms with Crippen LogP contribution < -0.4 is 14.2 Å². The third kappa shape index (κ3) is 13.8. The van der Waals surface area contributed by atoms with E-state index in [4.69, 9.17) is 28.4 Å². The summed E-state index contributed by atoms with van der Waals surface area (Å²) < 4.78 is 34.4. The molecule has 0 amide bonds. The van der Waals surface area contributed by atoms with Gasteiger partial charge in [-0.3, -0.25) is 0 Å². The Morgan fingerprint density at radius 2 is 0.806 bits per heavy atom. The van der Waals surface area contributed by atoms with E-state index in [1.807, 2.05) is 0 Å². The molecule has 0 saturated carbocycles. The van der Waals surface area contributed by atoms with Crippen molar-refractivity contribution in [1.29, 1.82) is 0 Å². The first-order valence-electron chi connectivity index (χ1n) is 13.1. The number of ether oxygens (including phenoxy) is 6. The summed E-state index contributed by atoms with van der Waals surface area (Å²) in [7, 11) is 0. The molecule has 204 valence electrons. The fourth-order valence-electron chi connectivity index (χ4n) is 3.30. The van der Waals surface area contributed by atoms with Gasteiger partial charge in [0.25, 0.3) is 0 Å². The summed E-state index contributed by atoms with van der Waals surface area (Å²) in [4.78, 5) is 13.0. The molecular formula is C27H45N3O6. The third-order valence-corrected chi connectivity index (χ3v) is 5.16. The number of aromatic nitrogens is 3. The van der Waals surface area contributed by atoms with Crippen LogP contribution in [-0.2, 0) is 14.2 Å². The number of nitrogens with zero attached hydrogens (tertiary/aromatic N) is 3. The average molecular weight is 508 g/mol. The Hall–Kier alpha value is -2.97. The van der Waals surface area contributed by atoms with E-state index in [9.17, 15) is 0 Å². The van der Waals surface area contributed by atoms with Gasteiger partial charge in [0.2, 0.25) is 18.9 Å². The highest BCUT2D eigenvalue weighted by molar-refractivity contribution is 5.09. The maximum Gasteiger partial charge on any atom is 0.328 e. The number of rotatable bonds is 24. The fraction of sp³-hybridized carbons (Fsp3) is 0.667. The van der Waals surface area contributed by atoms with Crippen LogP contribution in [0.2, 0.25) is 0 Å². The molecule has 0 aromatic carbocycles. The summed E-state index contributed by atoms with van der Waals surface area (Å²) in [5.41, 5.74) is 0. The zero-order valence-corrected chi connectivity index (χ0v) is 22.4. The first-order chi connectivity index (χ1) is 17.6. The predicted molar refractivity (Wildman–Crippen MR) is 139 cm³/mol. The van der Waals surface area contributed by atoms with E-state index >= 15 is 0 Å². The highest BCUT2D eigenvalue weighted by Crippen LogP contribution is 2.22. The van der Waals surface area contributed by atoms with Gasteiger partial charge in [-0.15, -0.1) is 15.0 Å². The minimum Gasteiger partial charge on any atom is -0.463 e. The third-order valence-electron chi connectivity index (χ3n) is 5.16. The summed E-state index contributed by atoms with van der Waals surface area (Å²) >= 11 is 0. The lowest BCUT2D eigenvalue weighted by Gasteiger charge is -2.21. The van der Waals surface area contributed by atoms with Gasteiger partial charge in [0.1, 0.15) is 0 Å². The molecule has 9 nitrogen and oxygen atoms in total. The van der Waals surface area contributed by atoms with Crippen molar-refractivity contribution in [2.45, 2.75) is 117 Å². The largest absolute Gasteiger partial charge is 0.463 e. The second-order valence-electron chi connectivity index (χ2n) is 8.22. The highest BCUT2D eigenvalue weighted by Gasteiger charge is 2.21. The summed E-state index contributed by atoms with van der Waals surface area (Å²) in [6.07, 6.45) is 13.3. The van der Waals surface area contributed by atoms with Gasteiger partial charge in [0, 0.05) is 19.3 Å². The minimum absolute atomic E-state index is 0.00942. The Bertz CT molecular complexity index is 626. The van der Waals surface area contributed by atoms with Crippen molar-refractivity contribution in [2.75, 3.05) is 0 Å². The normalized spacial score (nSPS) is 13.1. The molecule has 3 unspecified atom stereocenters. The molecule has 3 atom stereocenters. The fourth-order valence-corrected chi connectivity index (χ4v) is 3.30. The lowest BCUT2D eigenvalue weighted by atomic mass is 10.2. The van der Waals surface area contributed by atoms with Crippen molar-refractivity contribution in [1.82, 2.24) is 15.0 Å². The van der Waals surface area contributed by atoms with E-state index in [-0.39, 0.29) is 18.0 Å². The van der Waals surface area contributed by atoms with Crippen LogP contribution in [0, 0.1) is 0 Å². The van der Waals surface area contributed by atoms with E-state index in [0.29, 0.717) is 19.3 Å². The SMILES string of the molecule is C=COC(CCCCC)Oc1nc(OC(CCCCC)OC=C)nc(OC(CCCCC)OC=C)n1. The van der Waals surface area contributed by atoms with Gasteiger partial charge in [-0.05, 0) is 19.3 Å². The van der Waals surface area contributed by atoms with Gasteiger partial charge in [0.15, 0.2) is 0 Å². The standard InChI is InChI=1S/C27H45N3O6/c1-7-13-16-19-22(31-10-4)34-25-28-26(35-23(32-11-5)20-17-14-8-2)30-27(29-25)36-24(33-12-6)21-18-15-9-3/h10-12,22-24H,4-9,13-21H2,1-3H3. The van der Waals surface area contributed by atoms with Crippen LogP contribution in [0.5, 0.6) is 18.0 Å². The summed E-state index contributed by atoms with van der Waals surface area (Å²) in [6, 6.07) is 0.0283. The first-order valence-corrected chi connectivity index (χ1v) is 13.1. The average Bonchev–Trinajstić information content (AvgIpc) is 2.85. The van der Waals surface area contributed by atoms with E-state index in [1.54, 1.807) is 0 Å². The molecule has 1 aromatic heterocycles. The molecule has 0 radical (unpaired) electrons. The van der Waals surface area contributed by atoms with Gasteiger partial charge in [-0.25, -0.2) is 0 Å². The van der Waals surface area contributed by atoms with Crippen LogP contribution in [0.15, 0.2) is 38.5 Å². The van der Waals surface area contributed by atoms with E-state index in [0.717, 1.165) is 57.8 Å². The molecule has 0 fully saturated rings. The molecule has 0 aliphatic carbocycles. The van der Waals surface area contributed by atoms with Gasteiger partial charge in [-0.2, -0.15) is 0 Å². The van der Waals surface area contributed by atoms with Crippen molar-refractivity contribution in [3.8, 4) is 18.0 Å². The van der Waals surface area contributed by atoms with Crippen LogP contribution in [0.25, 0.3) is 0 Å². The molecule has 1 rings (SSSR count). The molecule has 0 aliphatic rings. The van der Waals surface area contributed by atoms with Crippen molar-refractivity contribution >= 4 is 0 Å². The number of unbranched alkanes of at least 4 members (excludes halogenated alkanes) is 6. The van der Waals surface area contributed by atoms with Crippen LogP contribution >= 0.6 is 0 Å². The van der Waals surface area contributed by atoms with Gasteiger partial charge < -0.3 is 28.4 Å². The lowest BCUT2D eigenvalue weighted by molar-refractivity contribution is -0.0584. The van der Waals surface area contributed by atoms with Crippen LogP contribution in [0.3, 0.4) is 0 Å². The monoisotopic (exact) mass is 507 g/mol. The second-order valence-corrected chi connectivity index (χ2v) is 8.22. The van der Waals surface area contributed by atoms with E-state index in [2.05, 4.69) is 55.5 Å². The van der Waals surface area contributed by atoms with Crippen molar-refractivity contribution in [2.24, 2.45) is 0 Å². The first kappa shape index (κ1) is 31.1. The topological polar surface area (TPSA) is 94.1 Å². The molecule has 1 heterocycles. The van der Waals surface area contributed by atoms with E-state index in [1.165, 1.54) is 18.8 Å². The second kappa shape index (κ2) is 20.2. The quantitative estimate of drug-likeness (QED) is 0.0817. The Morgan fingerprint density at radius 1 is 0.528 bits per heavy atom. The van der Waals surface area contributed by atoms with Gasteiger partial charge in [0.05, 0.1) is 18.8 Å². The number of hydrogen-bond donors (Lipinski definition) is 0. The minimum atomic E-state index is -0.605. The molecule has 1 aromatic rings. The molecule has 0 N–H and O–H groups in total. The van der Waals surface area contributed by atoms with E-state index < -0.39 is 18.9 Å². The highest BCUT2D eigenvalue weighted by atomic mass is 16.7. The summed E-state index contributed by atoms with van der Waals surface area (Å²) in [5.74, 6) is 0. The van der Waals surface area contributed by atoms with Crippen LogP contribution in [-0.4, -0.2) is 33.8 Å². The Balaban J connectivity index is 3.15. The molecule has 0 aliphatic heterocycles. The molecule has 0 saturated heterocycles. The molecule has 36 heavy (non-hydrogen) atoms. The zero-order valence-electron chi connectivity index (χ0n) is 22.4. The molecule has 0 spiro atoms. The molecule has 0 bridgehead atoms. The van der Waals surface area contributed by atoms with Gasteiger partial charge >= 0.3 is 18.0 Å². The lowest BCUT2D eigenvalue weighted by Crippen LogP contribution is -2.24. The zero-order chi connectivity index (χ0) is 26.4. The van der Waals surface area contributed by atoms with Gasteiger partial charge in [-0.1, -0.05) is 79.0 Å². The Morgan fingerprint density at radius 3 is 1.03 bits per heavy atom. The number of hydrogen-bond acceptors (Lipinski definition) is 9. The van der Waals surface area contributed by atoms with Crippen LogP contribution in [0.4, 0.5) is 0 Å². The summed E-state index contributed by atoms with van der Waals surface area (Å²) in [6.45, 7) is 17.3. The summed E-state index contributed by atoms with van der Waals surface area (Å²) in [5, 5.41) is 0. The maximum atomic E-state index is 5.93.